The SMILES string of the molecule is c1ccc(-c2nc(-c3ccccc3)nc(-c3cccc4c3C3(C5=C(Oc6ccccc6O5)c5c3sc3ccccc53)c3ccccc3-4)n2)cc1. The molecular weight excluding hydrogens is 635 g/mol. The van der Waals surface area contributed by atoms with Crippen LogP contribution in [0.3, 0.4) is 0 Å². The molecule has 6 aromatic carbocycles. The van der Waals surface area contributed by atoms with E-state index < -0.39 is 5.41 Å². The molecule has 6 heteroatoms. The van der Waals surface area contributed by atoms with Gasteiger partial charge >= 0.3 is 0 Å². The highest BCUT2D eigenvalue weighted by Crippen LogP contribution is 2.67. The zero-order valence-electron chi connectivity index (χ0n) is 26.5. The van der Waals surface area contributed by atoms with Crippen molar-refractivity contribution in [2.75, 3.05) is 0 Å². The maximum absolute atomic E-state index is 7.08. The largest absolute Gasteiger partial charge is 0.452 e. The first-order valence-corrected chi connectivity index (χ1v) is 17.4. The van der Waals surface area contributed by atoms with Gasteiger partial charge in [0, 0.05) is 37.2 Å². The lowest BCUT2D eigenvalue weighted by Crippen LogP contribution is -2.31. The van der Waals surface area contributed by atoms with Crippen molar-refractivity contribution in [2.24, 2.45) is 0 Å². The first-order chi connectivity index (χ1) is 24.8. The summed E-state index contributed by atoms with van der Waals surface area (Å²) in [5, 5.41) is 1.15. The molecule has 1 atom stereocenters. The minimum absolute atomic E-state index is 0.607. The second-order valence-electron chi connectivity index (χ2n) is 12.7. The van der Waals surface area contributed by atoms with Crippen molar-refractivity contribution in [1.29, 1.82) is 0 Å². The van der Waals surface area contributed by atoms with Crippen molar-refractivity contribution < 1.29 is 9.47 Å². The van der Waals surface area contributed by atoms with Gasteiger partial charge in [-0.1, -0.05) is 133 Å². The average molecular weight is 660 g/mol. The number of nitrogens with zero attached hydrogens (tertiary/aromatic N) is 3. The standard InChI is InChI=1S/C44H25N3O2S/c1-3-14-26(15-4-1)41-45-42(27-16-5-2-6-17-27)47-43(46-41)31-21-13-20-29-28-18-7-9-22-32(28)44(37(29)31)39-38(48-33-23-10-11-24-34(33)49-39)36-30-19-8-12-25-35(30)50-40(36)44/h1-25H. The second kappa shape index (κ2) is 10.3. The van der Waals surface area contributed by atoms with Gasteiger partial charge in [0.15, 0.2) is 40.5 Å². The molecule has 50 heavy (non-hydrogen) atoms. The third-order valence-electron chi connectivity index (χ3n) is 9.98. The van der Waals surface area contributed by atoms with E-state index in [0.717, 1.165) is 61.4 Å². The van der Waals surface area contributed by atoms with E-state index in [-0.39, 0.29) is 0 Å². The number of benzene rings is 6. The smallest absolute Gasteiger partial charge is 0.176 e. The minimum atomic E-state index is -0.809. The summed E-state index contributed by atoms with van der Waals surface area (Å²) in [5.41, 5.74) is 7.58. The lowest BCUT2D eigenvalue weighted by molar-refractivity contribution is 0.317. The van der Waals surface area contributed by atoms with Crippen LogP contribution in [0.5, 0.6) is 11.5 Å². The molecule has 0 saturated carbocycles. The Morgan fingerprint density at radius 3 is 1.82 bits per heavy atom. The molecular formula is C44H25N3O2S. The molecule has 2 aliphatic carbocycles. The number of allylic oxidation sites excluding steroid dienone is 1. The maximum Gasteiger partial charge on any atom is 0.176 e. The Hall–Kier alpha value is -6.37. The van der Waals surface area contributed by atoms with E-state index in [0.29, 0.717) is 29.0 Å². The molecule has 11 rings (SSSR count). The quantitative estimate of drug-likeness (QED) is 0.189. The summed E-state index contributed by atoms with van der Waals surface area (Å²) in [6.45, 7) is 0. The van der Waals surface area contributed by atoms with Gasteiger partial charge < -0.3 is 9.47 Å². The number of thiophene rings is 1. The van der Waals surface area contributed by atoms with E-state index in [4.69, 9.17) is 24.4 Å². The number of rotatable bonds is 3. The van der Waals surface area contributed by atoms with Gasteiger partial charge in [-0.2, -0.15) is 0 Å². The Labute approximate surface area is 291 Å². The minimum Gasteiger partial charge on any atom is -0.452 e. The first kappa shape index (κ1) is 27.6. The molecule has 0 saturated heterocycles. The van der Waals surface area contributed by atoms with Gasteiger partial charge in [0.25, 0.3) is 0 Å². The highest BCUT2D eigenvalue weighted by molar-refractivity contribution is 7.19. The molecule has 0 radical (unpaired) electrons. The molecule has 3 heterocycles. The van der Waals surface area contributed by atoms with Gasteiger partial charge in [0.1, 0.15) is 5.41 Å². The van der Waals surface area contributed by atoms with Crippen molar-refractivity contribution in [2.45, 2.75) is 5.41 Å². The number of para-hydroxylation sites is 2. The lowest BCUT2D eigenvalue weighted by atomic mass is 9.75. The van der Waals surface area contributed by atoms with Gasteiger partial charge in [-0.15, -0.1) is 11.3 Å². The summed E-state index contributed by atoms with van der Waals surface area (Å²) >= 11 is 1.80. The molecule has 0 bridgehead atoms. The number of fused-ring (bicyclic) bond motifs is 12. The van der Waals surface area contributed by atoms with Gasteiger partial charge in [0.05, 0.1) is 0 Å². The predicted molar refractivity (Wildman–Crippen MR) is 198 cm³/mol. The zero-order chi connectivity index (χ0) is 32.8. The molecule has 1 aliphatic heterocycles. The molecule has 0 amide bonds. The van der Waals surface area contributed by atoms with Crippen molar-refractivity contribution in [1.82, 2.24) is 15.0 Å². The van der Waals surface area contributed by atoms with Crippen LogP contribution in [0.2, 0.25) is 0 Å². The van der Waals surface area contributed by atoms with E-state index in [9.17, 15) is 0 Å². The maximum atomic E-state index is 7.08. The average Bonchev–Trinajstić information content (AvgIpc) is 3.81. The third-order valence-corrected chi connectivity index (χ3v) is 11.3. The van der Waals surface area contributed by atoms with E-state index in [2.05, 4.69) is 66.7 Å². The zero-order valence-corrected chi connectivity index (χ0v) is 27.3. The highest BCUT2D eigenvalue weighted by atomic mass is 32.1. The first-order valence-electron chi connectivity index (χ1n) is 16.6. The Bertz CT molecular complexity index is 2660. The molecule has 5 nitrogen and oxygen atoms in total. The molecule has 234 valence electrons. The molecule has 1 spiro atoms. The predicted octanol–water partition coefficient (Wildman–Crippen LogP) is 10.6. The van der Waals surface area contributed by atoms with Crippen LogP contribution in [0.4, 0.5) is 0 Å². The number of hydrogen-bond donors (Lipinski definition) is 0. The monoisotopic (exact) mass is 659 g/mol. The van der Waals surface area contributed by atoms with E-state index in [1.54, 1.807) is 11.3 Å². The summed E-state index contributed by atoms with van der Waals surface area (Å²) in [7, 11) is 0. The molecule has 2 aromatic heterocycles. The van der Waals surface area contributed by atoms with Crippen molar-refractivity contribution in [3.05, 3.63) is 179 Å². The van der Waals surface area contributed by atoms with Gasteiger partial charge in [0.2, 0.25) is 0 Å². The fourth-order valence-electron chi connectivity index (χ4n) is 7.93. The van der Waals surface area contributed by atoms with E-state index in [1.807, 2.05) is 84.9 Å². The number of hydrogen-bond acceptors (Lipinski definition) is 6. The number of ether oxygens (including phenoxy) is 2. The Morgan fingerprint density at radius 2 is 1.06 bits per heavy atom. The van der Waals surface area contributed by atoms with Gasteiger partial charge in [-0.3, -0.25) is 0 Å². The summed E-state index contributed by atoms with van der Waals surface area (Å²) < 4.78 is 15.2. The van der Waals surface area contributed by atoms with Crippen LogP contribution in [0.15, 0.2) is 157 Å². The molecule has 1 unspecified atom stereocenters. The van der Waals surface area contributed by atoms with Crippen LogP contribution in [-0.4, -0.2) is 15.0 Å². The topological polar surface area (TPSA) is 57.1 Å². The van der Waals surface area contributed by atoms with Crippen LogP contribution in [-0.2, 0) is 5.41 Å². The normalized spacial score (nSPS) is 16.3. The van der Waals surface area contributed by atoms with Crippen LogP contribution in [0.1, 0.15) is 21.6 Å². The molecule has 0 N–H and O–H groups in total. The fourth-order valence-corrected chi connectivity index (χ4v) is 9.34. The Kier molecular flexibility index (Phi) is 5.69. The molecule has 0 fully saturated rings. The van der Waals surface area contributed by atoms with Crippen LogP contribution in [0.25, 0.3) is 61.1 Å². The van der Waals surface area contributed by atoms with Crippen LogP contribution < -0.4 is 9.47 Å². The molecule has 8 aromatic rings. The Balaban J connectivity index is 1.26. The summed E-state index contributed by atoms with van der Waals surface area (Å²) in [6, 6.07) is 51.9. The fraction of sp³-hybridized carbons (Fsp3) is 0.0227. The Morgan fingerprint density at radius 1 is 0.480 bits per heavy atom. The summed E-state index contributed by atoms with van der Waals surface area (Å²) in [6.07, 6.45) is 0. The van der Waals surface area contributed by atoms with Crippen LogP contribution in [0, 0.1) is 0 Å². The van der Waals surface area contributed by atoms with Crippen LogP contribution >= 0.6 is 11.3 Å². The summed E-state index contributed by atoms with van der Waals surface area (Å²) in [4.78, 5) is 16.6. The molecule has 3 aliphatic rings. The highest BCUT2D eigenvalue weighted by Gasteiger charge is 2.59. The van der Waals surface area contributed by atoms with Gasteiger partial charge in [-0.25, -0.2) is 15.0 Å². The van der Waals surface area contributed by atoms with Gasteiger partial charge in [-0.05, 0) is 40.5 Å². The van der Waals surface area contributed by atoms with E-state index >= 15 is 0 Å². The third kappa shape index (κ3) is 3.68. The van der Waals surface area contributed by atoms with Crippen molar-refractivity contribution in [3.8, 4) is 56.8 Å². The van der Waals surface area contributed by atoms with Crippen molar-refractivity contribution in [3.63, 3.8) is 0 Å². The summed E-state index contributed by atoms with van der Waals surface area (Å²) in [5.74, 6) is 4.80. The van der Waals surface area contributed by atoms with E-state index in [1.165, 1.54) is 9.58 Å². The second-order valence-corrected chi connectivity index (χ2v) is 13.7. The number of aromatic nitrogens is 3. The lowest BCUT2D eigenvalue weighted by Gasteiger charge is -2.33. The van der Waals surface area contributed by atoms with Crippen molar-refractivity contribution >= 4 is 27.2 Å².